The van der Waals surface area contributed by atoms with Crippen molar-refractivity contribution in [2.75, 3.05) is 32.8 Å². The van der Waals surface area contributed by atoms with E-state index in [0.717, 1.165) is 5.56 Å². The average molecular weight is 391 g/mol. The van der Waals surface area contributed by atoms with Crippen molar-refractivity contribution in [1.82, 2.24) is 9.21 Å². The minimum Gasteiger partial charge on any atom is -0.450 e. The van der Waals surface area contributed by atoms with Crippen molar-refractivity contribution < 1.29 is 17.9 Å². The van der Waals surface area contributed by atoms with Crippen LogP contribution in [0.15, 0.2) is 29.2 Å². The van der Waals surface area contributed by atoms with Gasteiger partial charge in [0, 0.05) is 31.5 Å². The van der Waals surface area contributed by atoms with Gasteiger partial charge in [0.15, 0.2) is 0 Å². The Morgan fingerprint density at radius 3 is 2.27 bits per heavy atom. The predicted octanol–water partition coefficient (Wildman–Crippen LogP) is 2.04. The van der Waals surface area contributed by atoms with Crippen LogP contribution < -0.4 is 0 Å². The van der Waals surface area contributed by atoms with E-state index in [4.69, 9.17) is 4.74 Å². The van der Waals surface area contributed by atoms with Crippen LogP contribution in [0.2, 0.25) is 0 Å². The number of nitrogens with zero attached hydrogens (tertiary/aromatic N) is 2. The first-order valence-corrected chi connectivity index (χ1v) is 9.62. The summed E-state index contributed by atoms with van der Waals surface area (Å²) in [6.07, 6.45) is -0.388. The van der Waals surface area contributed by atoms with Crippen LogP contribution >= 0.6 is 15.9 Å². The number of rotatable bonds is 4. The highest BCUT2D eigenvalue weighted by atomic mass is 79.9. The molecule has 0 atom stereocenters. The van der Waals surface area contributed by atoms with Crippen molar-refractivity contribution in [3.8, 4) is 0 Å². The maximum atomic E-state index is 12.6. The van der Waals surface area contributed by atoms with Crippen LogP contribution in [-0.2, 0) is 20.1 Å². The first-order chi connectivity index (χ1) is 10.5. The molecule has 6 nitrogen and oxygen atoms in total. The fourth-order valence-corrected chi connectivity index (χ4v) is 4.02. The molecule has 0 saturated carbocycles. The van der Waals surface area contributed by atoms with Crippen LogP contribution in [0.4, 0.5) is 4.79 Å². The number of ether oxygens (including phenoxy) is 1. The van der Waals surface area contributed by atoms with Crippen molar-refractivity contribution >= 4 is 32.0 Å². The molecule has 2 rings (SSSR count). The molecule has 1 saturated heterocycles. The Hall–Kier alpha value is -1.12. The molecule has 0 unspecified atom stereocenters. The van der Waals surface area contributed by atoms with Crippen LogP contribution in [0.1, 0.15) is 12.5 Å². The average Bonchev–Trinajstić information content (AvgIpc) is 2.55. The number of sulfonamides is 1. The summed E-state index contributed by atoms with van der Waals surface area (Å²) < 4.78 is 31.5. The maximum absolute atomic E-state index is 12.6. The summed E-state index contributed by atoms with van der Waals surface area (Å²) in [6.45, 7) is 3.31. The zero-order valence-electron chi connectivity index (χ0n) is 12.4. The number of benzene rings is 1. The number of hydrogen-bond donors (Lipinski definition) is 0. The molecular formula is C14H19BrN2O4S. The third-order valence-electron chi connectivity index (χ3n) is 3.48. The van der Waals surface area contributed by atoms with Gasteiger partial charge >= 0.3 is 6.09 Å². The van der Waals surface area contributed by atoms with Gasteiger partial charge in [-0.3, -0.25) is 0 Å². The van der Waals surface area contributed by atoms with E-state index in [1.807, 2.05) is 0 Å². The van der Waals surface area contributed by atoms with Gasteiger partial charge in [-0.15, -0.1) is 0 Å². The number of hydrogen-bond acceptors (Lipinski definition) is 4. The zero-order chi connectivity index (χ0) is 16.2. The topological polar surface area (TPSA) is 66.9 Å². The molecule has 0 bridgehead atoms. The summed E-state index contributed by atoms with van der Waals surface area (Å²) in [7, 11) is -3.51. The monoisotopic (exact) mass is 390 g/mol. The second kappa shape index (κ2) is 7.43. The highest BCUT2D eigenvalue weighted by Crippen LogP contribution is 2.19. The Balaban J connectivity index is 2.04. The molecule has 1 heterocycles. The number of alkyl halides is 1. The van der Waals surface area contributed by atoms with Gasteiger partial charge in [0.2, 0.25) is 10.0 Å². The van der Waals surface area contributed by atoms with E-state index in [-0.39, 0.29) is 24.1 Å². The third kappa shape index (κ3) is 3.80. The molecule has 1 aromatic carbocycles. The molecule has 0 radical (unpaired) electrons. The van der Waals surface area contributed by atoms with Crippen molar-refractivity contribution in [3.63, 3.8) is 0 Å². The lowest BCUT2D eigenvalue weighted by Crippen LogP contribution is -2.50. The van der Waals surface area contributed by atoms with Crippen molar-refractivity contribution in [1.29, 1.82) is 0 Å². The Morgan fingerprint density at radius 2 is 1.77 bits per heavy atom. The molecule has 1 fully saturated rings. The second-order valence-electron chi connectivity index (χ2n) is 4.87. The van der Waals surface area contributed by atoms with Gasteiger partial charge < -0.3 is 9.64 Å². The summed E-state index contributed by atoms with van der Waals surface area (Å²) in [5, 5.41) is 0.686. The van der Waals surface area contributed by atoms with E-state index in [2.05, 4.69) is 15.9 Å². The van der Waals surface area contributed by atoms with Gasteiger partial charge in [0.1, 0.15) is 0 Å². The number of amides is 1. The van der Waals surface area contributed by atoms with Gasteiger partial charge in [0.05, 0.1) is 11.5 Å². The molecule has 0 aliphatic carbocycles. The van der Waals surface area contributed by atoms with Crippen LogP contribution in [0.3, 0.4) is 0 Å². The summed E-state index contributed by atoms with van der Waals surface area (Å²) in [5.74, 6) is 0. The molecule has 1 aromatic rings. The predicted molar refractivity (Wildman–Crippen MR) is 86.4 cm³/mol. The van der Waals surface area contributed by atoms with E-state index < -0.39 is 10.0 Å². The first-order valence-electron chi connectivity index (χ1n) is 7.05. The van der Waals surface area contributed by atoms with Crippen LogP contribution in [0, 0.1) is 0 Å². The quantitative estimate of drug-likeness (QED) is 0.737. The molecule has 122 valence electrons. The van der Waals surface area contributed by atoms with Crippen LogP contribution in [0.5, 0.6) is 0 Å². The van der Waals surface area contributed by atoms with Gasteiger partial charge in [-0.2, -0.15) is 4.31 Å². The molecule has 0 N–H and O–H groups in total. The smallest absolute Gasteiger partial charge is 0.409 e. The fraction of sp³-hybridized carbons (Fsp3) is 0.500. The summed E-state index contributed by atoms with van der Waals surface area (Å²) in [6, 6.07) is 6.81. The fourth-order valence-electron chi connectivity index (χ4n) is 2.23. The highest BCUT2D eigenvalue weighted by Gasteiger charge is 2.30. The molecular weight excluding hydrogens is 372 g/mol. The molecule has 1 aliphatic rings. The standard InChI is InChI=1S/C14H19BrN2O4S/c1-2-21-14(18)16-7-9-17(10-8-16)22(19,20)13-5-3-12(11-15)4-6-13/h3-6H,2,7-11H2,1H3. The van der Waals surface area contributed by atoms with Crippen molar-refractivity contribution in [3.05, 3.63) is 29.8 Å². The molecule has 8 heteroatoms. The van der Waals surface area contributed by atoms with Crippen molar-refractivity contribution in [2.24, 2.45) is 0 Å². The summed E-state index contributed by atoms with van der Waals surface area (Å²) >= 11 is 3.33. The summed E-state index contributed by atoms with van der Waals surface area (Å²) in [4.78, 5) is 13.4. The normalized spacial score (nSPS) is 16.5. The first kappa shape index (κ1) is 17.2. The van der Waals surface area contributed by atoms with Gasteiger partial charge in [-0.05, 0) is 24.6 Å². The van der Waals surface area contributed by atoms with Gasteiger partial charge in [-0.1, -0.05) is 28.1 Å². The molecule has 0 aromatic heterocycles. The lowest BCUT2D eigenvalue weighted by molar-refractivity contribution is 0.0934. The van der Waals surface area contributed by atoms with E-state index in [1.165, 1.54) is 9.21 Å². The number of carbonyl (C=O) groups is 1. The molecule has 1 amide bonds. The maximum Gasteiger partial charge on any atom is 0.409 e. The Kier molecular flexibility index (Phi) is 5.82. The van der Waals surface area contributed by atoms with Gasteiger partial charge in [-0.25, -0.2) is 13.2 Å². The molecule has 22 heavy (non-hydrogen) atoms. The third-order valence-corrected chi connectivity index (χ3v) is 6.04. The van der Waals surface area contributed by atoms with E-state index >= 15 is 0 Å². The SMILES string of the molecule is CCOC(=O)N1CCN(S(=O)(=O)c2ccc(CBr)cc2)CC1. The summed E-state index contributed by atoms with van der Waals surface area (Å²) in [5.41, 5.74) is 1.02. The minimum absolute atomic E-state index is 0.279. The molecule has 1 aliphatic heterocycles. The second-order valence-corrected chi connectivity index (χ2v) is 7.37. The Bertz CT molecular complexity index is 610. The van der Waals surface area contributed by atoms with E-state index in [1.54, 1.807) is 31.2 Å². The van der Waals surface area contributed by atoms with Crippen LogP contribution in [0.25, 0.3) is 0 Å². The lowest BCUT2D eigenvalue weighted by Gasteiger charge is -2.33. The van der Waals surface area contributed by atoms with Crippen LogP contribution in [-0.4, -0.2) is 56.5 Å². The van der Waals surface area contributed by atoms with Gasteiger partial charge in [0.25, 0.3) is 0 Å². The highest BCUT2D eigenvalue weighted by molar-refractivity contribution is 9.08. The molecule has 0 spiro atoms. The lowest BCUT2D eigenvalue weighted by atomic mass is 10.2. The minimum atomic E-state index is -3.51. The number of piperazine rings is 1. The van der Waals surface area contributed by atoms with E-state index in [0.29, 0.717) is 25.0 Å². The largest absolute Gasteiger partial charge is 0.450 e. The number of carbonyl (C=O) groups excluding carboxylic acids is 1. The Morgan fingerprint density at radius 1 is 1.18 bits per heavy atom. The van der Waals surface area contributed by atoms with Crippen molar-refractivity contribution in [2.45, 2.75) is 17.1 Å². The number of halogens is 1. The Labute approximate surface area is 139 Å². The van der Waals surface area contributed by atoms with E-state index in [9.17, 15) is 13.2 Å². The zero-order valence-corrected chi connectivity index (χ0v) is 14.8.